The summed E-state index contributed by atoms with van der Waals surface area (Å²) in [6, 6.07) is 10.3. The van der Waals surface area contributed by atoms with Gasteiger partial charge in [-0.05, 0) is 31.4 Å². The number of hydrogen-bond acceptors (Lipinski definition) is 3. The van der Waals surface area contributed by atoms with Gasteiger partial charge in [0.2, 0.25) is 0 Å². The zero-order chi connectivity index (χ0) is 13.9. The first-order valence-electron chi connectivity index (χ1n) is 7.98. The summed E-state index contributed by atoms with van der Waals surface area (Å²) >= 11 is 2.08. The highest BCUT2D eigenvalue weighted by Gasteiger charge is 2.29. The lowest BCUT2D eigenvalue weighted by molar-refractivity contribution is 0.138. The summed E-state index contributed by atoms with van der Waals surface area (Å²) in [6.45, 7) is 8.26. The molecule has 1 aromatic carbocycles. The van der Waals surface area contributed by atoms with E-state index in [-0.39, 0.29) is 0 Å². The summed E-state index contributed by atoms with van der Waals surface area (Å²) in [4.78, 5) is 4.21. The molecule has 0 bridgehead atoms. The Bertz CT molecular complexity index is 423. The van der Waals surface area contributed by atoms with Gasteiger partial charge in [0, 0.05) is 41.9 Å². The summed E-state index contributed by atoms with van der Waals surface area (Å²) in [5.41, 5.74) is 1.55. The Morgan fingerprint density at radius 1 is 1.35 bits per heavy atom. The third-order valence-corrected chi connectivity index (χ3v) is 5.87. The van der Waals surface area contributed by atoms with Crippen molar-refractivity contribution < 1.29 is 0 Å². The van der Waals surface area contributed by atoms with Crippen molar-refractivity contribution in [1.82, 2.24) is 10.2 Å². The minimum atomic E-state index is 0.674. The van der Waals surface area contributed by atoms with Crippen molar-refractivity contribution >= 4 is 11.8 Å². The van der Waals surface area contributed by atoms with Crippen molar-refractivity contribution in [3.8, 4) is 0 Å². The molecule has 0 spiro atoms. The maximum atomic E-state index is 3.69. The van der Waals surface area contributed by atoms with E-state index >= 15 is 0 Å². The van der Waals surface area contributed by atoms with Gasteiger partial charge in [0.05, 0.1) is 0 Å². The lowest BCUT2D eigenvalue weighted by Crippen LogP contribution is -2.56. The Kier molecular flexibility index (Phi) is 4.69. The van der Waals surface area contributed by atoms with Crippen LogP contribution in [0.3, 0.4) is 0 Å². The number of thioether (sulfide) groups is 1. The van der Waals surface area contributed by atoms with Crippen molar-refractivity contribution in [2.24, 2.45) is 0 Å². The van der Waals surface area contributed by atoms with Gasteiger partial charge in [-0.2, -0.15) is 0 Å². The van der Waals surface area contributed by atoms with Crippen LogP contribution in [-0.4, -0.2) is 41.9 Å². The van der Waals surface area contributed by atoms with Crippen LogP contribution >= 0.6 is 11.8 Å². The van der Waals surface area contributed by atoms with Gasteiger partial charge in [-0.15, -0.1) is 11.8 Å². The van der Waals surface area contributed by atoms with Crippen LogP contribution in [-0.2, 0) is 6.42 Å². The molecule has 3 rings (SSSR count). The molecule has 2 aliphatic heterocycles. The molecule has 0 aliphatic carbocycles. The van der Waals surface area contributed by atoms with Crippen molar-refractivity contribution in [2.75, 3.05) is 19.6 Å². The predicted octanol–water partition coefficient (Wildman–Crippen LogP) is 3.17. The molecular weight excluding hydrogens is 264 g/mol. The summed E-state index contributed by atoms with van der Waals surface area (Å²) in [7, 11) is 0. The van der Waals surface area contributed by atoms with Crippen molar-refractivity contribution in [3.63, 3.8) is 0 Å². The zero-order valence-corrected chi connectivity index (χ0v) is 13.5. The lowest BCUT2D eigenvalue weighted by Gasteiger charge is -2.40. The molecule has 0 amide bonds. The van der Waals surface area contributed by atoms with Crippen molar-refractivity contribution in [1.29, 1.82) is 0 Å². The number of nitrogens with zero attached hydrogens (tertiary/aromatic N) is 1. The molecule has 3 atom stereocenters. The highest BCUT2D eigenvalue weighted by Crippen LogP contribution is 2.37. The Labute approximate surface area is 127 Å². The first kappa shape index (κ1) is 14.4. The molecule has 1 aromatic rings. The van der Waals surface area contributed by atoms with Gasteiger partial charge in [-0.25, -0.2) is 0 Å². The second kappa shape index (κ2) is 6.50. The molecule has 20 heavy (non-hydrogen) atoms. The zero-order valence-electron chi connectivity index (χ0n) is 12.6. The quantitative estimate of drug-likeness (QED) is 0.917. The van der Waals surface area contributed by atoms with Crippen molar-refractivity contribution in [3.05, 3.63) is 29.8 Å². The molecule has 2 nitrogen and oxygen atoms in total. The van der Waals surface area contributed by atoms with Gasteiger partial charge >= 0.3 is 0 Å². The number of rotatable bonds is 4. The topological polar surface area (TPSA) is 15.3 Å². The van der Waals surface area contributed by atoms with E-state index in [1.807, 2.05) is 0 Å². The Morgan fingerprint density at radius 3 is 3.00 bits per heavy atom. The van der Waals surface area contributed by atoms with E-state index in [0.717, 1.165) is 11.8 Å². The smallest absolute Gasteiger partial charge is 0.0263 e. The Balaban J connectivity index is 1.58. The summed E-state index contributed by atoms with van der Waals surface area (Å²) in [6.07, 6.45) is 3.83. The fourth-order valence-electron chi connectivity index (χ4n) is 3.41. The Hall–Kier alpha value is -0.510. The van der Waals surface area contributed by atoms with Crippen LogP contribution in [0.5, 0.6) is 0 Å². The van der Waals surface area contributed by atoms with E-state index in [1.54, 1.807) is 5.56 Å². The van der Waals surface area contributed by atoms with Crippen LogP contribution in [0.1, 0.15) is 32.3 Å². The third-order valence-electron chi connectivity index (χ3n) is 4.57. The molecule has 0 saturated carbocycles. The van der Waals surface area contributed by atoms with Gasteiger partial charge in [0.15, 0.2) is 0 Å². The lowest BCUT2D eigenvalue weighted by atomic mass is 10.0. The molecule has 1 fully saturated rings. The first-order valence-corrected chi connectivity index (χ1v) is 8.86. The minimum absolute atomic E-state index is 0.674. The third kappa shape index (κ3) is 3.21. The SMILES string of the molecule is CCCC1CN(CC2Cc3ccccc3S2)C(C)CN1. The number of hydrogen-bond donors (Lipinski definition) is 1. The Morgan fingerprint density at radius 2 is 2.20 bits per heavy atom. The summed E-state index contributed by atoms with van der Waals surface area (Å²) in [5, 5.41) is 4.44. The summed E-state index contributed by atoms with van der Waals surface area (Å²) in [5.74, 6) is 0. The fraction of sp³-hybridized carbons (Fsp3) is 0.647. The van der Waals surface area contributed by atoms with E-state index in [1.165, 1.54) is 37.2 Å². The minimum Gasteiger partial charge on any atom is -0.311 e. The van der Waals surface area contributed by atoms with Crippen LogP contribution in [0, 0.1) is 0 Å². The standard InChI is InChI=1S/C17H26N2S/c1-3-6-15-11-19(13(2)10-18-15)12-16-9-14-7-4-5-8-17(14)20-16/h4-5,7-8,13,15-16,18H,3,6,9-12H2,1-2H3. The molecule has 0 radical (unpaired) electrons. The molecule has 1 N–H and O–H groups in total. The molecule has 3 heteroatoms. The van der Waals surface area contributed by atoms with Crippen LogP contribution < -0.4 is 5.32 Å². The maximum Gasteiger partial charge on any atom is 0.0263 e. The van der Waals surface area contributed by atoms with Crippen molar-refractivity contribution in [2.45, 2.75) is 55.3 Å². The monoisotopic (exact) mass is 290 g/mol. The number of fused-ring (bicyclic) bond motifs is 1. The second-order valence-corrected chi connectivity index (χ2v) is 7.59. The average Bonchev–Trinajstić information content (AvgIpc) is 2.85. The normalized spacial score (nSPS) is 30.4. The molecule has 3 unspecified atom stereocenters. The molecule has 0 aromatic heterocycles. The van der Waals surface area contributed by atoms with Crippen LogP contribution in [0.2, 0.25) is 0 Å². The van der Waals surface area contributed by atoms with Gasteiger partial charge in [-0.3, -0.25) is 4.90 Å². The highest BCUT2D eigenvalue weighted by atomic mass is 32.2. The fourth-order valence-corrected chi connectivity index (χ4v) is 4.76. The average molecular weight is 290 g/mol. The molecule has 2 heterocycles. The molecular formula is C17H26N2S. The van der Waals surface area contributed by atoms with E-state index < -0.39 is 0 Å². The second-order valence-electron chi connectivity index (χ2n) is 6.25. The largest absolute Gasteiger partial charge is 0.311 e. The molecule has 110 valence electrons. The molecule has 1 saturated heterocycles. The van der Waals surface area contributed by atoms with Crippen LogP contribution in [0.15, 0.2) is 29.2 Å². The van der Waals surface area contributed by atoms with E-state index in [4.69, 9.17) is 0 Å². The van der Waals surface area contributed by atoms with Gasteiger partial charge in [0.25, 0.3) is 0 Å². The highest BCUT2D eigenvalue weighted by molar-refractivity contribution is 8.00. The number of piperazine rings is 1. The number of benzene rings is 1. The maximum absolute atomic E-state index is 3.69. The van der Waals surface area contributed by atoms with E-state index in [9.17, 15) is 0 Å². The first-order chi connectivity index (χ1) is 9.76. The molecule has 2 aliphatic rings. The van der Waals surface area contributed by atoms with Crippen LogP contribution in [0.4, 0.5) is 0 Å². The van der Waals surface area contributed by atoms with Gasteiger partial charge in [-0.1, -0.05) is 31.5 Å². The van der Waals surface area contributed by atoms with Crippen LogP contribution in [0.25, 0.3) is 0 Å². The van der Waals surface area contributed by atoms with E-state index in [2.05, 4.69) is 60.1 Å². The predicted molar refractivity (Wildman–Crippen MR) is 87.5 cm³/mol. The summed E-state index contributed by atoms with van der Waals surface area (Å²) < 4.78 is 0. The van der Waals surface area contributed by atoms with Gasteiger partial charge in [0.1, 0.15) is 0 Å². The van der Waals surface area contributed by atoms with Gasteiger partial charge < -0.3 is 5.32 Å². The van der Waals surface area contributed by atoms with E-state index in [0.29, 0.717) is 12.1 Å². The number of nitrogens with one attached hydrogen (secondary N) is 1.